The van der Waals surface area contributed by atoms with Crippen LogP contribution in [0.5, 0.6) is 5.75 Å². The van der Waals surface area contributed by atoms with Crippen LogP contribution in [0.2, 0.25) is 0 Å². The number of rotatable bonds is 2. The summed E-state index contributed by atoms with van der Waals surface area (Å²) in [4.78, 5) is 11.6. The fraction of sp³-hybridized carbons (Fsp3) is 0.500. The Morgan fingerprint density at radius 1 is 1.47 bits per heavy atom. The molecule has 17 heavy (non-hydrogen) atoms. The summed E-state index contributed by atoms with van der Waals surface area (Å²) in [7, 11) is 0. The Morgan fingerprint density at radius 2 is 2.24 bits per heavy atom. The van der Waals surface area contributed by atoms with Gasteiger partial charge >= 0.3 is 0 Å². The van der Waals surface area contributed by atoms with Crippen LogP contribution in [0.25, 0.3) is 0 Å². The number of hydrogen-bond acceptors (Lipinski definition) is 2. The molecule has 1 aliphatic rings. The third kappa shape index (κ3) is 2.99. The van der Waals surface area contributed by atoms with Crippen LogP contribution in [0.4, 0.5) is 5.69 Å². The van der Waals surface area contributed by atoms with E-state index < -0.39 is 0 Å². The normalized spacial score (nSPS) is 19.3. The molecule has 1 N–H and O–H groups in total. The van der Waals surface area contributed by atoms with Crippen LogP contribution in [0.1, 0.15) is 32.8 Å². The van der Waals surface area contributed by atoms with Crippen LogP contribution in [0.15, 0.2) is 18.2 Å². The van der Waals surface area contributed by atoms with Crippen LogP contribution < -0.4 is 10.1 Å². The molecule has 0 spiro atoms. The largest absolute Gasteiger partial charge is 0.488 e. The second kappa shape index (κ2) is 4.78. The Morgan fingerprint density at radius 3 is 2.94 bits per heavy atom. The minimum Gasteiger partial charge on any atom is -0.488 e. The highest BCUT2D eigenvalue weighted by atomic mass is 16.5. The van der Waals surface area contributed by atoms with Gasteiger partial charge in [-0.1, -0.05) is 19.9 Å². The van der Waals surface area contributed by atoms with E-state index in [0.717, 1.165) is 17.9 Å². The number of nitrogens with one attached hydrogen (secondary N) is 1. The van der Waals surface area contributed by atoms with Crippen molar-refractivity contribution in [3.8, 4) is 5.75 Å². The summed E-state index contributed by atoms with van der Waals surface area (Å²) < 4.78 is 5.70. The lowest BCUT2D eigenvalue weighted by molar-refractivity contribution is -0.117. The minimum absolute atomic E-state index is 0.0259. The first-order valence-electron chi connectivity index (χ1n) is 6.14. The first-order chi connectivity index (χ1) is 8.04. The molecular weight excluding hydrogens is 214 g/mol. The molecule has 1 unspecified atom stereocenters. The monoisotopic (exact) mass is 233 g/mol. The van der Waals surface area contributed by atoms with E-state index in [2.05, 4.69) is 25.2 Å². The number of hydrogen-bond donors (Lipinski definition) is 1. The number of ether oxygens (including phenoxy) is 1. The van der Waals surface area contributed by atoms with Crippen LogP contribution in [-0.2, 0) is 11.2 Å². The summed E-state index contributed by atoms with van der Waals surface area (Å²) in [6.07, 6.45) is 1.36. The molecule has 0 aliphatic carbocycles. The van der Waals surface area contributed by atoms with Crippen molar-refractivity contribution in [1.29, 1.82) is 0 Å². The predicted octanol–water partition coefficient (Wildman–Crippen LogP) is 2.99. The summed E-state index contributed by atoms with van der Waals surface area (Å²) in [5.74, 6) is 1.41. The van der Waals surface area contributed by atoms with Crippen LogP contribution >= 0.6 is 0 Å². The predicted molar refractivity (Wildman–Crippen MR) is 68.3 cm³/mol. The molecule has 0 saturated heterocycles. The Kier molecular flexibility index (Phi) is 3.36. The van der Waals surface area contributed by atoms with Crippen molar-refractivity contribution in [3.05, 3.63) is 23.8 Å². The molecule has 92 valence electrons. The van der Waals surface area contributed by atoms with Gasteiger partial charge in [-0.2, -0.15) is 0 Å². The van der Waals surface area contributed by atoms with Crippen molar-refractivity contribution in [2.75, 3.05) is 5.32 Å². The molecule has 0 bridgehead atoms. The fourth-order valence-corrected chi connectivity index (χ4v) is 2.10. The summed E-state index contributed by atoms with van der Waals surface area (Å²) in [6.45, 7) is 6.28. The number of amides is 1. The van der Waals surface area contributed by atoms with Gasteiger partial charge in [-0.3, -0.25) is 4.79 Å². The molecule has 2 rings (SSSR count). The molecule has 3 nitrogen and oxygen atoms in total. The summed E-state index contributed by atoms with van der Waals surface area (Å²) in [5.41, 5.74) is 2.04. The number of carbonyl (C=O) groups is 1. The second-order valence-corrected chi connectivity index (χ2v) is 5.11. The highest BCUT2D eigenvalue weighted by Crippen LogP contribution is 2.30. The van der Waals surface area contributed by atoms with Gasteiger partial charge in [-0.15, -0.1) is 0 Å². The van der Waals surface area contributed by atoms with Crippen molar-refractivity contribution in [3.63, 3.8) is 0 Å². The maximum atomic E-state index is 11.6. The van der Waals surface area contributed by atoms with Gasteiger partial charge in [0.2, 0.25) is 5.91 Å². The maximum absolute atomic E-state index is 11.6. The molecule has 1 aliphatic heterocycles. The molecule has 0 fully saturated rings. The van der Waals surface area contributed by atoms with Crippen molar-refractivity contribution < 1.29 is 9.53 Å². The van der Waals surface area contributed by atoms with Crippen LogP contribution in [-0.4, -0.2) is 12.0 Å². The van der Waals surface area contributed by atoms with E-state index in [0.29, 0.717) is 12.3 Å². The molecule has 1 amide bonds. The first-order valence-corrected chi connectivity index (χ1v) is 6.14. The van der Waals surface area contributed by atoms with Crippen molar-refractivity contribution in [2.24, 2.45) is 5.92 Å². The number of fused-ring (bicyclic) bond motifs is 1. The highest BCUT2D eigenvalue weighted by Gasteiger charge is 2.19. The Balaban J connectivity index is 2.28. The standard InChI is InChI=1S/C14H19NO2/c1-9(2)6-11-4-5-13-12(8-11)15-14(16)7-10(3)17-13/h4-5,8-10H,6-7H2,1-3H3,(H,15,16). The average Bonchev–Trinajstić information content (AvgIpc) is 2.33. The van der Waals surface area contributed by atoms with Crippen LogP contribution in [0, 0.1) is 5.92 Å². The molecule has 0 aromatic heterocycles. The SMILES string of the molecule is CC(C)Cc1ccc2c(c1)NC(=O)CC(C)O2. The highest BCUT2D eigenvalue weighted by molar-refractivity contribution is 5.93. The molecule has 3 heteroatoms. The van der Waals surface area contributed by atoms with Gasteiger partial charge in [0, 0.05) is 0 Å². The summed E-state index contributed by atoms with van der Waals surface area (Å²) >= 11 is 0. The lowest BCUT2D eigenvalue weighted by Gasteiger charge is -2.13. The van der Waals surface area contributed by atoms with Gasteiger partial charge in [0.25, 0.3) is 0 Å². The van der Waals surface area contributed by atoms with Crippen molar-refractivity contribution >= 4 is 11.6 Å². The third-order valence-electron chi connectivity index (χ3n) is 2.76. The lowest BCUT2D eigenvalue weighted by Crippen LogP contribution is -2.17. The van der Waals surface area contributed by atoms with E-state index in [4.69, 9.17) is 4.74 Å². The number of anilines is 1. The summed E-state index contributed by atoms with van der Waals surface area (Å²) in [5, 5.41) is 2.90. The second-order valence-electron chi connectivity index (χ2n) is 5.11. The van der Waals surface area contributed by atoms with Gasteiger partial charge < -0.3 is 10.1 Å². The third-order valence-corrected chi connectivity index (χ3v) is 2.76. The Labute approximate surface area is 102 Å². The zero-order chi connectivity index (χ0) is 12.4. The zero-order valence-corrected chi connectivity index (χ0v) is 10.6. The molecule has 0 saturated carbocycles. The van der Waals surface area contributed by atoms with Crippen molar-refractivity contribution in [2.45, 2.75) is 39.7 Å². The van der Waals surface area contributed by atoms with Gasteiger partial charge in [-0.25, -0.2) is 0 Å². The Hall–Kier alpha value is -1.51. The van der Waals surface area contributed by atoms with E-state index in [1.54, 1.807) is 0 Å². The van der Waals surface area contributed by atoms with Gasteiger partial charge in [0.1, 0.15) is 11.9 Å². The van der Waals surface area contributed by atoms with E-state index in [1.807, 2.05) is 19.1 Å². The first kappa shape index (κ1) is 12.0. The van der Waals surface area contributed by atoms with Crippen molar-refractivity contribution in [1.82, 2.24) is 0 Å². The minimum atomic E-state index is -0.0628. The quantitative estimate of drug-likeness (QED) is 0.852. The fourth-order valence-electron chi connectivity index (χ4n) is 2.10. The van der Waals surface area contributed by atoms with Gasteiger partial charge in [-0.05, 0) is 37.0 Å². The van der Waals surface area contributed by atoms with E-state index >= 15 is 0 Å². The Bertz CT molecular complexity index is 426. The van der Waals surface area contributed by atoms with Gasteiger partial charge in [0.15, 0.2) is 0 Å². The molecule has 0 radical (unpaired) electrons. The molecule has 1 atom stereocenters. The van der Waals surface area contributed by atoms with E-state index in [9.17, 15) is 4.79 Å². The van der Waals surface area contributed by atoms with Crippen LogP contribution in [0.3, 0.4) is 0 Å². The molecular formula is C14H19NO2. The smallest absolute Gasteiger partial charge is 0.228 e. The molecule has 1 aromatic rings. The average molecular weight is 233 g/mol. The van der Waals surface area contributed by atoms with E-state index in [1.165, 1.54) is 5.56 Å². The molecule has 1 heterocycles. The maximum Gasteiger partial charge on any atom is 0.228 e. The van der Waals surface area contributed by atoms with Gasteiger partial charge in [0.05, 0.1) is 12.1 Å². The molecule has 1 aromatic carbocycles. The van der Waals surface area contributed by atoms with E-state index in [-0.39, 0.29) is 12.0 Å². The number of benzene rings is 1. The number of carbonyl (C=O) groups excluding carboxylic acids is 1. The lowest BCUT2D eigenvalue weighted by atomic mass is 10.0. The topological polar surface area (TPSA) is 38.3 Å². The summed E-state index contributed by atoms with van der Waals surface area (Å²) in [6, 6.07) is 6.05. The zero-order valence-electron chi connectivity index (χ0n) is 10.6.